The number of hydrogen-bond acceptors (Lipinski definition) is 6. The van der Waals surface area contributed by atoms with Crippen molar-refractivity contribution in [1.82, 2.24) is 4.98 Å². The molecule has 1 aliphatic rings. The van der Waals surface area contributed by atoms with Crippen LogP contribution in [0.25, 0.3) is 11.1 Å². The van der Waals surface area contributed by atoms with E-state index in [9.17, 15) is 13.2 Å². The van der Waals surface area contributed by atoms with E-state index in [1.54, 1.807) is 48.5 Å². The maximum atomic E-state index is 12.5. The molecular formula is C22H21N5O4S. The molecule has 1 aliphatic carbocycles. The third kappa shape index (κ3) is 3.59. The van der Waals surface area contributed by atoms with Crippen molar-refractivity contribution in [2.24, 2.45) is 21.8 Å². The van der Waals surface area contributed by atoms with E-state index in [0.717, 1.165) is 5.56 Å². The Hall–Kier alpha value is -3.76. The summed E-state index contributed by atoms with van der Waals surface area (Å²) in [6.45, 7) is 0. The van der Waals surface area contributed by atoms with Crippen LogP contribution in [0, 0.1) is 0 Å². The van der Waals surface area contributed by atoms with Gasteiger partial charge < -0.3 is 16.7 Å². The number of carbonyl (C=O) groups excluding carboxylic acids is 1. The van der Waals surface area contributed by atoms with E-state index in [0.29, 0.717) is 28.8 Å². The first-order valence-corrected chi connectivity index (χ1v) is 11.2. The lowest BCUT2D eigenvalue weighted by Crippen LogP contribution is -2.31. The van der Waals surface area contributed by atoms with Crippen LogP contribution in [0.1, 0.15) is 29.2 Å². The van der Waals surface area contributed by atoms with Crippen molar-refractivity contribution in [3.05, 3.63) is 83.7 Å². The second-order valence-corrected chi connectivity index (χ2v) is 9.21. The monoisotopic (exact) mass is 451 g/mol. The summed E-state index contributed by atoms with van der Waals surface area (Å²) in [5.74, 6) is -0.767. The number of primary sulfonamides is 1. The summed E-state index contributed by atoms with van der Waals surface area (Å²) in [5.41, 5.74) is 13.3. The van der Waals surface area contributed by atoms with E-state index >= 15 is 0 Å². The standard InChI is InChI=1S/C22H21N5O4S/c23-20(27-29)14-5-3-4-13(10-14)17-11-22(17,21(24)28)19-9-8-15(12-26-19)16-6-1-2-7-18(16)32(25,30)31/h1-10,12,17,29H,11H2,(H2,23,27)(H2,24,28)(H2,25,30,31). The molecule has 4 rings (SSSR count). The number of aromatic nitrogens is 1. The van der Waals surface area contributed by atoms with Gasteiger partial charge in [0.1, 0.15) is 0 Å². The Kier molecular flexibility index (Phi) is 5.19. The number of pyridine rings is 1. The maximum absolute atomic E-state index is 12.5. The van der Waals surface area contributed by atoms with Gasteiger partial charge in [-0.2, -0.15) is 0 Å². The van der Waals surface area contributed by atoms with E-state index in [1.165, 1.54) is 12.3 Å². The highest BCUT2D eigenvalue weighted by molar-refractivity contribution is 7.89. The van der Waals surface area contributed by atoms with Crippen molar-refractivity contribution in [1.29, 1.82) is 0 Å². The number of primary amides is 1. The predicted octanol–water partition coefficient (Wildman–Crippen LogP) is 1.40. The van der Waals surface area contributed by atoms with Crippen molar-refractivity contribution >= 4 is 21.8 Å². The molecule has 10 heteroatoms. The zero-order valence-electron chi connectivity index (χ0n) is 16.8. The quantitative estimate of drug-likeness (QED) is 0.191. The van der Waals surface area contributed by atoms with Crippen molar-refractivity contribution in [2.75, 3.05) is 0 Å². The van der Waals surface area contributed by atoms with E-state index in [1.807, 2.05) is 6.07 Å². The molecule has 1 heterocycles. The van der Waals surface area contributed by atoms with Crippen LogP contribution in [0.5, 0.6) is 0 Å². The maximum Gasteiger partial charge on any atom is 0.238 e. The summed E-state index contributed by atoms with van der Waals surface area (Å²) < 4.78 is 23.8. The predicted molar refractivity (Wildman–Crippen MR) is 118 cm³/mol. The Labute approximate surface area is 184 Å². The average molecular weight is 452 g/mol. The Balaban J connectivity index is 1.71. The van der Waals surface area contributed by atoms with Gasteiger partial charge in [0.25, 0.3) is 0 Å². The lowest BCUT2D eigenvalue weighted by molar-refractivity contribution is -0.120. The van der Waals surface area contributed by atoms with Crippen molar-refractivity contribution in [3.63, 3.8) is 0 Å². The fraction of sp³-hybridized carbons (Fsp3) is 0.136. The molecule has 1 aromatic heterocycles. The molecule has 0 saturated heterocycles. The van der Waals surface area contributed by atoms with E-state index in [4.69, 9.17) is 21.8 Å². The van der Waals surface area contributed by atoms with E-state index < -0.39 is 21.3 Å². The number of carbonyl (C=O) groups is 1. The van der Waals surface area contributed by atoms with Crippen LogP contribution < -0.4 is 16.6 Å². The minimum atomic E-state index is -3.92. The molecule has 164 valence electrons. The largest absolute Gasteiger partial charge is 0.409 e. The lowest BCUT2D eigenvalue weighted by atomic mass is 9.92. The highest BCUT2D eigenvalue weighted by atomic mass is 32.2. The summed E-state index contributed by atoms with van der Waals surface area (Å²) in [6.07, 6.45) is 1.97. The van der Waals surface area contributed by atoms with Crippen LogP contribution in [0.15, 0.2) is 76.9 Å². The number of nitrogens with zero attached hydrogens (tertiary/aromatic N) is 2. The zero-order chi connectivity index (χ0) is 23.1. The van der Waals surface area contributed by atoms with Gasteiger partial charge in [-0.15, -0.1) is 0 Å². The number of nitrogens with two attached hydrogens (primary N) is 3. The second kappa shape index (κ2) is 7.74. The molecule has 0 spiro atoms. The van der Waals surface area contributed by atoms with Gasteiger partial charge in [0.2, 0.25) is 15.9 Å². The van der Waals surface area contributed by atoms with E-state index in [2.05, 4.69) is 10.1 Å². The molecule has 0 bridgehead atoms. The van der Waals surface area contributed by atoms with Gasteiger partial charge in [-0.25, -0.2) is 13.6 Å². The minimum absolute atomic E-state index is 0.0107. The molecule has 7 N–H and O–H groups in total. The Bertz CT molecular complexity index is 1340. The number of oxime groups is 1. The third-order valence-corrected chi connectivity index (χ3v) is 6.79. The highest BCUT2D eigenvalue weighted by Gasteiger charge is 2.61. The molecule has 0 aliphatic heterocycles. The summed E-state index contributed by atoms with van der Waals surface area (Å²) in [7, 11) is -3.92. The van der Waals surface area contributed by atoms with Crippen LogP contribution in [-0.4, -0.2) is 30.4 Å². The molecule has 1 fully saturated rings. The fourth-order valence-corrected chi connectivity index (χ4v) is 4.85. The zero-order valence-corrected chi connectivity index (χ0v) is 17.7. The Morgan fingerprint density at radius 2 is 1.84 bits per heavy atom. The van der Waals surface area contributed by atoms with Gasteiger partial charge in [0.15, 0.2) is 5.84 Å². The molecular weight excluding hydrogens is 430 g/mol. The van der Waals surface area contributed by atoms with Crippen LogP contribution in [-0.2, 0) is 20.2 Å². The SMILES string of the molecule is NC(=O)C1(c2ccc(-c3ccccc3S(N)(=O)=O)cn2)CC1c1cccc(/C(N)=N/O)c1. The smallest absolute Gasteiger partial charge is 0.238 e. The molecule has 3 aromatic rings. The highest BCUT2D eigenvalue weighted by Crippen LogP contribution is 2.60. The molecule has 0 radical (unpaired) electrons. The van der Waals surface area contributed by atoms with Crippen LogP contribution in [0.2, 0.25) is 0 Å². The lowest BCUT2D eigenvalue weighted by Gasteiger charge is -2.15. The first-order valence-electron chi connectivity index (χ1n) is 9.65. The summed E-state index contributed by atoms with van der Waals surface area (Å²) in [5, 5.41) is 17.3. The Morgan fingerprint density at radius 3 is 2.47 bits per heavy atom. The van der Waals surface area contributed by atoms with Gasteiger partial charge in [-0.3, -0.25) is 9.78 Å². The fourth-order valence-electron chi connectivity index (χ4n) is 4.09. The summed E-state index contributed by atoms with van der Waals surface area (Å²) in [6, 6.07) is 16.8. The number of hydrogen-bond donors (Lipinski definition) is 4. The molecule has 2 aromatic carbocycles. The van der Waals surface area contributed by atoms with Crippen LogP contribution in [0.3, 0.4) is 0 Å². The van der Waals surface area contributed by atoms with E-state index in [-0.39, 0.29) is 16.6 Å². The van der Waals surface area contributed by atoms with Gasteiger partial charge >= 0.3 is 0 Å². The molecule has 1 amide bonds. The second-order valence-electron chi connectivity index (χ2n) is 7.68. The normalized spacial score (nSPS) is 20.7. The molecule has 9 nitrogen and oxygen atoms in total. The van der Waals surface area contributed by atoms with Gasteiger partial charge in [-0.1, -0.05) is 47.6 Å². The van der Waals surface area contributed by atoms with Gasteiger partial charge in [0, 0.05) is 28.8 Å². The van der Waals surface area contributed by atoms with Gasteiger partial charge in [0.05, 0.1) is 16.0 Å². The first kappa shape index (κ1) is 21.5. The minimum Gasteiger partial charge on any atom is -0.409 e. The number of amides is 1. The first-order chi connectivity index (χ1) is 15.2. The van der Waals surface area contributed by atoms with Crippen LogP contribution >= 0.6 is 0 Å². The number of benzene rings is 2. The Morgan fingerprint density at radius 1 is 1.09 bits per heavy atom. The summed E-state index contributed by atoms with van der Waals surface area (Å²) >= 11 is 0. The molecule has 2 atom stereocenters. The summed E-state index contributed by atoms with van der Waals surface area (Å²) in [4.78, 5) is 16.9. The average Bonchev–Trinajstić information content (AvgIpc) is 3.55. The number of rotatable bonds is 6. The topological polar surface area (TPSA) is 175 Å². The number of amidine groups is 1. The molecule has 2 unspecified atom stereocenters. The van der Waals surface area contributed by atoms with Crippen molar-refractivity contribution < 1.29 is 18.4 Å². The van der Waals surface area contributed by atoms with Crippen molar-refractivity contribution in [3.8, 4) is 11.1 Å². The van der Waals surface area contributed by atoms with Crippen LogP contribution in [0.4, 0.5) is 0 Å². The number of sulfonamides is 1. The van der Waals surface area contributed by atoms with Gasteiger partial charge in [-0.05, 0) is 30.2 Å². The molecule has 1 saturated carbocycles. The molecule has 32 heavy (non-hydrogen) atoms. The van der Waals surface area contributed by atoms with Crippen molar-refractivity contribution in [2.45, 2.75) is 22.6 Å². The third-order valence-electron chi connectivity index (χ3n) is 5.82.